The topological polar surface area (TPSA) is 95.2 Å². The monoisotopic (exact) mass is 288 g/mol. The van der Waals surface area contributed by atoms with Crippen LogP contribution in [0.3, 0.4) is 0 Å². The fraction of sp³-hybridized carbons (Fsp3) is 0.467. The highest BCUT2D eigenvalue weighted by Gasteiger charge is 2.28. The Hall–Kier alpha value is -2.08. The number of benzene rings is 1. The van der Waals surface area contributed by atoms with Crippen molar-refractivity contribution in [2.24, 2.45) is 0 Å². The summed E-state index contributed by atoms with van der Waals surface area (Å²) in [5.41, 5.74) is 6.64. The van der Waals surface area contributed by atoms with Crippen molar-refractivity contribution in [3.05, 3.63) is 28.6 Å². The van der Waals surface area contributed by atoms with Gasteiger partial charge in [0.1, 0.15) is 0 Å². The second-order valence-electron chi connectivity index (χ2n) is 5.70. The highest BCUT2D eigenvalue weighted by molar-refractivity contribution is 5.81. The van der Waals surface area contributed by atoms with Crippen molar-refractivity contribution in [1.29, 1.82) is 0 Å². The minimum atomic E-state index is -0.379. The zero-order chi connectivity index (χ0) is 15.0. The first-order chi connectivity index (χ1) is 10.1. The van der Waals surface area contributed by atoms with Crippen LogP contribution < -0.4 is 16.2 Å². The van der Waals surface area contributed by atoms with Gasteiger partial charge in [-0.05, 0) is 31.0 Å². The SMILES string of the molecule is CN(c1nc2ccc(N)cc2c(=O)[nH]1)C1CCCCC1O. The van der Waals surface area contributed by atoms with Gasteiger partial charge in [-0.1, -0.05) is 12.8 Å². The van der Waals surface area contributed by atoms with Crippen LogP contribution >= 0.6 is 0 Å². The normalized spacial score (nSPS) is 22.4. The minimum Gasteiger partial charge on any atom is -0.399 e. The average molecular weight is 288 g/mol. The van der Waals surface area contributed by atoms with Crippen LogP contribution in [0.25, 0.3) is 10.9 Å². The van der Waals surface area contributed by atoms with E-state index >= 15 is 0 Å². The number of hydrogen-bond acceptors (Lipinski definition) is 5. The molecule has 0 aliphatic heterocycles. The predicted molar refractivity (Wildman–Crippen MR) is 83.4 cm³/mol. The molecule has 6 heteroatoms. The Morgan fingerprint density at radius 2 is 2.14 bits per heavy atom. The van der Waals surface area contributed by atoms with E-state index in [-0.39, 0.29) is 17.7 Å². The molecule has 1 aliphatic carbocycles. The number of fused-ring (bicyclic) bond motifs is 1. The number of likely N-dealkylation sites (N-methyl/N-ethyl adjacent to an activating group) is 1. The molecule has 0 amide bonds. The molecule has 4 N–H and O–H groups in total. The summed E-state index contributed by atoms with van der Waals surface area (Å²) in [4.78, 5) is 21.3. The van der Waals surface area contributed by atoms with Gasteiger partial charge in [0.2, 0.25) is 5.95 Å². The summed E-state index contributed by atoms with van der Waals surface area (Å²) >= 11 is 0. The van der Waals surface area contributed by atoms with Gasteiger partial charge in [-0.25, -0.2) is 4.98 Å². The second-order valence-corrected chi connectivity index (χ2v) is 5.70. The quantitative estimate of drug-likeness (QED) is 0.723. The standard InChI is InChI=1S/C15H20N4O2/c1-19(12-4-2-3-5-13(12)20)15-17-11-7-6-9(16)8-10(11)14(21)18-15/h6-8,12-13,20H,2-5,16H2,1H3,(H,17,18,21). The van der Waals surface area contributed by atoms with Crippen molar-refractivity contribution >= 4 is 22.5 Å². The first-order valence-corrected chi connectivity index (χ1v) is 7.27. The lowest BCUT2D eigenvalue weighted by Crippen LogP contribution is -2.44. The van der Waals surface area contributed by atoms with E-state index in [0.717, 1.165) is 25.7 Å². The molecule has 6 nitrogen and oxygen atoms in total. The first-order valence-electron chi connectivity index (χ1n) is 7.27. The molecule has 0 saturated heterocycles. The maximum atomic E-state index is 12.2. The minimum absolute atomic E-state index is 0.00636. The van der Waals surface area contributed by atoms with Crippen LogP contribution in [0.1, 0.15) is 25.7 Å². The fourth-order valence-electron chi connectivity index (χ4n) is 3.01. The molecule has 1 fully saturated rings. The van der Waals surface area contributed by atoms with Crippen molar-refractivity contribution in [2.45, 2.75) is 37.8 Å². The number of H-pyrrole nitrogens is 1. The average Bonchev–Trinajstić information content (AvgIpc) is 2.47. The van der Waals surface area contributed by atoms with Crippen LogP contribution in [0, 0.1) is 0 Å². The molecule has 1 saturated carbocycles. The summed E-state index contributed by atoms with van der Waals surface area (Å²) in [7, 11) is 1.86. The molecule has 1 aliphatic rings. The van der Waals surface area contributed by atoms with Crippen molar-refractivity contribution in [3.63, 3.8) is 0 Å². The van der Waals surface area contributed by atoms with Crippen molar-refractivity contribution in [3.8, 4) is 0 Å². The maximum absolute atomic E-state index is 12.2. The Labute approximate surface area is 122 Å². The molecular weight excluding hydrogens is 268 g/mol. The van der Waals surface area contributed by atoms with Gasteiger partial charge >= 0.3 is 0 Å². The number of hydrogen-bond donors (Lipinski definition) is 3. The van der Waals surface area contributed by atoms with Crippen molar-refractivity contribution in [1.82, 2.24) is 9.97 Å². The van der Waals surface area contributed by atoms with Crippen LogP contribution in [0.2, 0.25) is 0 Å². The van der Waals surface area contributed by atoms with Gasteiger partial charge in [0.15, 0.2) is 0 Å². The number of nitrogens with one attached hydrogen (secondary N) is 1. The maximum Gasteiger partial charge on any atom is 0.260 e. The molecule has 1 aromatic heterocycles. The van der Waals surface area contributed by atoms with E-state index in [1.54, 1.807) is 18.2 Å². The van der Waals surface area contributed by atoms with E-state index in [2.05, 4.69) is 9.97 Å². The van der Waals surface area contributed by atoms with Crippen molar-refractivity contribution in [2.75, 3.05) is 17.7 Å². The summed E-state index contributed by atoms with van der Waals surface area (Å²) in [5, 5.41) is 10.6. The Bertz CT molecular complexity index is 712. The van der Waals surface area contributed by atoms with E-state index in [9.17, 15) is 9.90 Å². The lowest BCUT2D eigenvalue weighted by atomic mass is 9.92. The molecule has 21 heavy (non-hydrogen) atoms. The zero-order valence-electron chi connectivity index (χ0n) is 12.0. The molecule has 112 valence electrons. The van der Waals surface area contributed by atoms with Crippen LogP contribution in [0.4, 0.5) is 11.6 Å². The van der Waals surface area contributed by atoms with E-state index in [1.165, 1.54) is 0 Å². The van der Waals surface area contributed by atoms with Gasteiger partial charge in [-0.2, -0.15) is 0 Å². The molecule has 1 aromatic carbocycles. The number of nitrogens with two attached hydrogens (primary N) is 1. The third-order valence-corrected chi connectivity index (χ3v) is 4.24. The molecule has 2 unspecified atom stereocenters. The number of aromatic nitrogens is 2. The van der Waals surface area contributed by atoms with Crippen LogP contribution in [0.15, 0.2) is 23.0 Å². The first kappa shape index (κ1) is 13.9. The zero-order valence-corrected chi connectivity index (χ0v) is 12.0. The Morgan fingerprint density at radius 3 is 2.90 bits per heavy atom. The van der Waals surface area contributed by atoms with E-state index in [1.807, 2.05) is 11.9 Å². The van der Waals surface area contributed by atoms with Gasteiger partial charge in [0, 0.05) is 12.7 Å². The Morgan fingerprint density at radius 1 is 1.38 bits per heavy atom. The summed E-state index contributed by atoms with van der Waals surface area (Å²) < 4.78 is 0. The Kier molecular flexibility index (Phi) is 3.55. The van der Waals surface area contributed by atoms with Gasteiger partial charge < -0.3 is 15.7 Å². The molecular formula is C15H20N4O2. The number of anilines is 2. The molecule has 2 atom stereocenters. The predicted octanol–water partition coefficient (Wildman–Crippen LogP) is 1.24. The second kappa shape index (κ2) is 5.37. The number of aromatic amines is 1. The number of nitrogens with zero attached hydrogens (tertiary/aromatic N) is 2. The largest absolute Gasteiger partial charge is 0.399 e. The molecule has 3 rings (SSSR count). The highest BCUT2D eigenvalue weighted by Crippen LogP contribution is 2.25. The third-order valence-electron chi connectivity index (χ3n) is 4.24. The Balaban J connectivity index is 2.00. The molecule has 1 heterocycles. The number of rotatable bonds is 2. The van der Waals surface area contributed by atoms with Gasteiger partial charge in [-0.15, -0.1) is 0 Å². The smallest absolute Gasteiger partial charge is 0.260 e. The van der Waals surface area contributed by atoms with E-state index in [4.69, 9.17) is 5.73 Å². The third kappa shape index (κ3) is 2.58. The molecule has 0 spiro atoms. The molecule has 0 bridgehead atoms. The number of aliphatic hydroxyl groups excluding tert-OH is 1. The van der Waals surface area contributed by atoms with Gasteiger partial charge in [0.25, 0.3) is 5.56 Å². The molecule has 2 aromatic rings. The van der Waals surface area contributed by atoms with Crippen LogP contribution in [0.5, 0.6) is 0 Å². The lowest BCUT2D eigenvalue weighted by Gasteiger charge is -2.35. The van der Waals surface area contributed by atoms with Crippen LogP contribution in [-0.4, -0.2) is 34.3 Å². The summed E-state index contributed by atoms with van der Waals surface area (Å²) in [5.74, 6) is 0.489. The number of nitrogen functional groups attached to an aromatic ring is 1. The number of aliphatic hydroxyl groups is 1. The summed E-state index contributed by atoms with van der Waals surface area (Å²) in [6.07, 6.45) is 3.45. The fourth-order valence-corrected chi connectivity index (χ4v) is 3.01. The van der Waals surface area contributed by atoms with Gasteiger partial charge in [-0.3, -0.25) is 9.78 Å². The molecule has 0 radical (unpaired) electrons. The summed E-state index contributed by atoms with van der Waals surface area (Å²) in [6, 6.07) is 5.09. The highest BCUT2D eigenvalue weighted by atomic mass is 16.3. The van der Waals surface area contributed by atoms with Gasteiger partial charge in [0.05, 0.1) is 23.0 Å². The van der Waals surface area contributed by atoms with Crippen LogP contribution in [-0.2, 0) is 0 Å². The lowest BCUT2D eigenvalue weighted by molar-refractivity contribution is 0.105. The van der Waals surface area contributed by atoms with E-state index < -0.39 is 0 Å². The summed E-state index contributed by atoms with van der Waals surface area (Å²) in [6.45, 7) is 0. The van der Waals surface area contributed by atoms with Crippen molar-refractivity contribution < 1.29 is 5.11 Å². The van der Waals surface area contributed by atoms with E-state index in [0.29, 0.717) is 22.5 Å².